The number of hydrogen-bond acceptors (Lipinski definition) is 3. The van der Waals surface area contributed by atoms with Gasteiger partial charge in [0.2, 0.25) is 5.91 Å². The van der Waals surface area contributed by atoms with Crippen LogP contribution in [0.4, 0.5) is 5.69 Å². The van der Waals surface area contributed by atoms with Gasteiger partial charge in [-0.25, -0.2) is 5.10 Å². The Kier molecular flexibility index (Phi) is 1.65. The molecular weight excluding hydrogens is 170 g/mol. The molecule has 0 fully saturated rings. The summed E-state index contributed by atoms with van der Waals surface area (Å²) in [5, 5.41) is 8.81. The Balaban J connectivity index is 2.63. The maximum Gasteiger partial charge on any atom is 0.269 e. The van der Waals surface area contributed by atoms with Crippen molar-refractivity contribution < 1.29 is 4.79 Å². The molecule has 2 heterocycles. The van der Waals surface area contributed by atoms with Gasteiger partial charge in [0.1, 0.15) is 0 Å². The molecule has 0 spiro atoms. The van der Waals surface area contributed by atoms with Gasteiger partial charge in [-0.1, -0.05) is 0 Å². The minimum Gasteiger partial charge on any atom is -0.324 e. The molecule has 2 N–H and O–H groups in total. The predicted octanol–water partition coefficient (Wildman–Crippen LogP) is -0.0370. The van der Waals surface area contributed by atoms with E-state index in [0.29, 0.717) is 29.8 Å². The lowest BCUT2D eigenvalue weighted by Gasteiger charge is -2.16. The van der Waals surface area contributed by atoms with E-state index in [0.717, 1.165) is 0 Å². The van der Waals surface area contributed by atoms with E-state index in [2.05, 4.69) is 15.5 Å². The van der Waals surface area contributed by atoms with Crippen LogP contribution in [0.2, 0.25) is 0 Å². The largest absolute Gasteiger partial charge is 0.324 e. The van der Waals surface area contributed by atoms with Gasteiger partial charge < -0.3 is 5.32 Å². The number of H-pyrrole nitrogens is 1. The van der Waals surface area contributed by atoms with Gasteiger partial charge in [0.05, 0.1) is 11.4 Å². The number of aryl methyl sites for hydroxylation is 1. The van der Waals surface area contributed by atoms with E-state index in [9.17, 15) is 9.59 Å². The summed E-state index contributed by atoms with van der Waals surface area (Å²) in [4.78, 5) is 22.3. The minimum absolute atomic E-state index is 0.0528. The molecule has 0 bridgehead atoms. The number of aromatic amines is 1. The molecule has 0 saturated heterocycles. The van der Waals surface area contributed by atoms with Gasteiger partial charge >= 0.3 is 0 Å². The van der Waals surface area contributed by atoms with Crippen molar-refractivity contribution in [1.82, 2.24) is 10.2 Å². The number of amides is 1. The van der Waals surface area contributed by atoms with E-state index in [1.807, 2.05) is 0 Å². The smallest absolute Gasteiger partial charge is 0.269 e. The number of carbonyl (C=O) groups excluding carboxylic acids is 1. The average molecular weight is 179 g/mol. The summed E-state index contributed by atoms with van der Waals surface area (Å²) in [6.07, 6.45) is 0.874. The first-order valence-corrected chi connectivity index (χ1v) is 4.06. The minimum atomic E-state index is -0.208. The summed E-state index contributed by atoms with van der Waals surface area (Å²) in [5.74, 6) is -0.0528. The molecule has 5 heteroatoms. The lowest BCUT2D eigenvalue weighted by Crippen LogP contribution is -2.27. The Morgan fingerprint density at radius 1 is 1.31 bits per heavy atom. The van der Waals surface area contributed by atoms with Gasteiger partial charge in [-0.3, -0.25) is 9.59 Å². The van der Waals surface area contributed by atoms with Crippen molar-refractivity contribution in [2.75, 3.05) is 5.32 Å². The zero-order valence-corrected chi connectivity index (χ0v) is 7.18. The molecule has 13 heavy (non-hydrogen) atoms. The van der Waals surface area contributed by atoms with Crippen LogP contribution in [-0.4, -0.2) is 16.1 Å². The summed E-state index contributed by atoms with van der Waals surface area (Å²) in [6, 6.07) is 0. The van der Waals surface area contributed by atoms with E-state index in [1.54, 1.807) is 6.92 Å². The number of rotatable bonds is 0. The topological polar surface area (TPSA) is 74.8 Å². The lowest BCUT2D eigenvalue weighted by atomic mass is 10.0. The highest BCUT2D eigenvalue weighted by Gasteiger charge is 2.19. The number of nitrogens with zero attached hydrogens (tertiary/aromatic N) is 1. The average Bonchev–Trinajstić information content (AvgIpc) is 2.12. The van der Waals surface area contributed by atoms with Crippen LogP contribution in [0, 0.1) is 6.92 Å². The second kappa shape index (κ2) is 2.69. The second-order valence-electron chi connectivity index (χ2n) is 3.04. The fourth-order valence-electron chi connectivity index (χ4n) is 1.43. The fraction of sp³-hybridized carbons (Fsp3) is 0.375. The van der Waals surface area contributed by atoms with Gasteiger partial charge in [0, 0.05) is 12.0 Å². The number of hydrogen-bond donors (Lipinski definition) is 2. The van der Waals surface area contributed by atoms with Gasteiger partial charge in [-0.05, 0) is 13.3 Å². The molecule has 1 amide bonds. The third-order valence-electron chi connectivity index (χ3n) is 2.13. The van der Waals surface area contributed by atoms with E-state index in [1.165, 1.54) is 0 Å². The molecule has 5 nitrogen and oxygen atoms in total. The standard InChI is InChI=1S/C8H9N3O2/c1-4-7-5(8(13)11-10-4)2-3-6(12)9-7/h2-3H2,1H3,(H,9,12)(H,11,13). The number of carbonyl (C=O) groups is 1. The quantitative estimate of drug-likeness (QED) is 0.587. The Labute approximate surface area is 74.2 Å². The SMILES string of the molecule is Cc1n[nH]c(=O)c2c1NC(=O)CC2. The van der Waals surface area contributed by atoms with Gasteiger partial charge in [0.25, 0.3) is 5.56 Å². The van der Waals surface area contributed by atoms with Crippen LogP contribution in [0.3, 0.4) is 0 Å². The zero-order valence-electron chi connectivity index (χ0n) is 7.18. The van der Waals surface area contributed by atoms with Crippen molar-refractivity contribution in [2.24, 2.45) is 0 Å². The van der Waals surface area contributed by atoms with Gasteiger partial charge in [0.15, 0.2) is 0 Å². The molecule has 68 valence electrons. The molecule has 0 atom stereocenters. The zero-order chi connectivity index (χ0) is 9.42. The maximum absolute atomic E-state index is 11.3. The maximum atomic E-state index is 11.3. The molecule has 1 aromatic heterocycles. The molecule has 1 aliphatic heterocycles. The van der Waals surface area contributed by atoms with Crippen LogP contribution in [0.25, 0.3) is 0 Å². The van der Waals surface area contributed by atoms with E-state index in [-0.39, 0.29) is 11.5 Å². The Morgan fingerprint density at radius 3 is 2.85 bits per heavy atom. The third-order valence-corrected chi connectivity index (χ3v) is 2.13. The fourth-order valence-corrected chi connectivity index (χ4v) is 1.43. The number of fused-ring (bicyclic) bond motifs is 1. The highest BCUT2D eigenvalue weighted by Crippen LogP contribution is 2.20. The predicted molar refractivity (Wildman–Crippen MR) is 46.5 cm³/mol. The summed E-state index contributed by atoms with van der Waals surface area (Å²) in [6.45, 7) is 1.75. The highest BCUT2D eigenvalue weighted by molar-refractivity contribution is 5.94. The van der Waals surface area contributed by atoms with Gasteiger partial charge in [-0.15, -0.1) is 0 Å². The number of aromatic nitrogens is 2. The number of anilines is 1. The van der Waals surface area contributed by atoms with E-state index >= 15 is 0 Å². The van der Waals surface area contributed by atoms with Crippen molar-refractivity contribution >= 4 is 11.6 Å². The van der Waals surface area contributed by atoms with Crippen LogP contribution >= 0.6 is 0 Å². The van der Waals surface area contributed by atoms with Crippen LogP contribution in [0.5, 0.6) is 0 Å². The molecule has 0 saturated carbocycles. The molecule has 1 aliphatic rings. The molecule has 0 aromatic carbocycles. The lowest BCUT2D eigenvalue weighted by molar-refractivity contribution is -0.116. The Hall–Kier alpha value is -1.65. The number of nitrogens with one attached hydrogen (secondary N) is 2. The summed E-state index contributed by atoms with van der Waals surface area (Å²) < 4.78 is 0. The molecular formula is C8H9N3O2. The van der Waals surface area contributed by atoms with Crippen molar-refractivity contribution in [2.45, 2.75) is 19.8 Å². The van der Waals surface area contributed by atoms with Crippen LogP contribution < -0.4 is 10.9 Å². The van der Waals surface area contributed by atoms with Gasteiger partial charge in [-0.2, -0.15) is 5.10 Å². The molecule has 0 unspecified atom stereocenters. The molecule has 2 rings (SSSR count). The Bertz CT molecular complexity index is 422. The normalized spacial score (nSPS) is 15.0. The monoisotopic (exact) mass is 179 g/mol. The van der Waals surface area contributed by atoms with Crippen molar-refractivity contribution in [3.05, 3.63) is 21.6 Å². The summed E-state index contributed by atoms with van der Waals surface area (Å²) >= 11 is 0. The highest BCUT2D eigenvalue weighted by atomic mass is 16.2. The van der Waals surface area contributed by atoms with Crippen molar-refractivity contribution in [3.8, 4) is 0 Å². The van der Waals surface area contributed by atoms with Crippen molar-refractivity contribution in [1.29, 1.82) is 0 Å². The first-order chi connectivity index (χ1) is 6.18. The summed E-state index contributed by atoms with van der Waals surface area (Å²) in [5.41, 5.74) is 1.66. The third kappa shape index (κ3) is 1.22. The summed E-state index contributed by atoms with van der Waals surface area (Å²) in [7, 11) is 0. The first-order valence-electron chi connectivity index (χ1n) is 4.06. The first kappa shape index (κ1) is 7.97. The Morgan fingerprint density at radius 2 is 2.08 bits per heavy atom. The second-order valence-corrected chi connectivity index (χ2v) is 3.04. The van der Waals surface area contributed by atoms with Crippen LogP contribution in [-0.2, 0) is 11.2 Å². The molecule has 1 aromatic rings. The van der Waals surface area contributed by atoms with Crippen LogP contribution in [0.15, 0.2) is 4.79 Å². The van der Waals surface area contributed by atoms with E-state index in [4.69, 9.17) is 0 Å². The molecule has 0 aliphatic carbocycles. The van der Waals surface area contributed by atoms with Crippen LogP contribution in [0.1, 0.15) is 17.7 Å². The molecule has 0 radical (unpaired) electrons. The van der Waals surface area contributed by atoms with Crippen molar-refractivity contribution in [3.63, 3.8) is 0 Å². The van der Waals surface area contributed by atoms with E-state index < -0.39 is 0 Å².